The van der Waals surface area contributed by atoms with Crippen LogP contribution >= 0.6 is 23.2 Å². The highest BCUT2D eigenvalue weighted by atomic mass is 35.5. The molecule has 0 aromatic heterocycles. The first kappa shape index (κ1) is 18.2. The van der Waals surface area contributed by atoms with Gasteiger partial charge in [0.25, 0.3) is 5.91 Å². The quantitative estimate of drug-likeness (QED) is 0.806. The van der Waals surface area contributed by atoms with Crippen molar-refractivity contribution in [3.05, 3.63) is 63.1 Å². The van der Waals surface area contributed by atoms with E-state index in [4.69, 9.17) is 27.9 Å². The molecule has 26 heavy (non-hydrogen) atoms. The molecule has 3 rings (SSSR count). The van der Waals surface area contributed by atoms with E-state index in [1.807, 2.05) is 0 Å². The van der Waals surface area contributed by atoms with Crippen LogP contribution in [0.5, 0.6) is 0 Å². The normalized spacial score (nSPS) is 15.7. The van der Waals surface area contributed by atoms with Crippen molar-refractivity contribution in [3.8, 4) is 0 Å². The molecule has 1 amide bonds. The predicted octanol–water partition coefficient (Wildman–Crippen LogP) is 3.50. The van der Waals surface area contributed by atoms with E-state index in [-0.39, 0.29) is 17.7 Å². The number of methoxy groups -OCH3 is 1. The van der Waals surface area contributed by atoms with Gasteiger partial charge < -0.3 is 14.8 Å². The third kappa shape index (κ3) is 3.66. The highest BCUT2D eigenvalue weighted by Gasteiger charge is 2.32. The van der Waals surface area contributed by atoms with Crippen molar-refractivity contribution < 1.29 is 23.9 Å². The molecule has 6 nitrogen and oxygen atoms in total. The second-order valence-corrected chi connectivity index (χ2v) is 6.44. The summed E-state index contributed by atoms with van der Waals surface area (Å²) in [6.45, 7) is 0. The number of esters is 2. The Labute approximate surface area is 159 Å². The van der Waals surface area contributed by atoms with Gasteiger partial charge >= 0.3 is 11.9 Å². The van der Waals surface area contributed by atoms with Crippen LogP contribution in [-0.4, -0.2) is 31.1 Å². The van der Waals surface area contributed by atoms with Crippen LogP contribution in [0, 0.1) is 0 Å². The smallest absolute Gasteiger partial charge is 0.339 e. The average molecular weight is 394 g/mol. The monoisotopic (exact) mass is 393 g/mol. The van der Waals surface area contributed by atoms with E-state index in [9.17, 15) is 14.4 Å². The second-order valence-electron chi connectivity index (χ2n) is 5.57. The number of ether oxygens (including phenoxy) is 2. The largest absolute Gasteiger partial charge is 0.465 e. The number of carbonyl (C=O) groups excluding carboxylic acids is 3. The number of halogens is 2. The lowest BCUT2D eigenvalue weighted by atomic mass is 9.98. The second kappa shape index (κ2) is 7.35. The van der Waals surface area contributed by atoms with Crippen molar-refractivity contribution >= 4 is 46.7 Å². The maximum Gasteiger partial charge on any atom is 0.339 e. The van der Waals surface area contributed by atoms with Crippen LogP contribution in [0.1, 0.15) is 26.3 Å². The van der Waals surface area contributed by atoms with Crippen LogP contribution in [0.4, 0.5) is 5.69 Å². The van der Waals surface area contributed by atoms with Gasteiger partial charge in [-0.15, -0.1) is 0 Å². The summed E-state index contributed by atoms with van der Waals surface area (Å²) in [7, 11) is 1.23. The van der Waals surface area contributed by atoms with Gasteiger partial charge in [0.1, 0.15) is 0 Å². The van der Waals surface area contributed by atoms with E-state index in [1.165, 1.54) is 31.4 Å². The van der Waals surface area contributed by atoms with E-state index in [1.54, 1.807) is 12.1 Å². The van der Waals surface area contributed by atoms with Gasteiger partial charge in [0, 0.05) is 16.5 Å². The molecule has 0 bridgehead atoms. The Morgan fingerprint density at radius 3 is 2.58 bits per heavy atom. The molecule has 0 spiro atoms. The first-order chi connectivity index (χ1) is 12.4. The molecule has 2 aromatic rings. The zero-order chi connectivity index (χ0) is 18.8. The zero-order valence-electron chi connectivity index (χ0n) is 13.5. The SMILES string of the molecule is COC(=O)c1ccc(Cl)cc1NC(=O)[C@@H]1Cc2ccc(Cl)cc2C(=O)O1. The van der Waals surface area contributed by atoms with Gasteiger partial charge in [-0.25, -0.2) is 9.59 Å². The van der Waals surface area contributed by atoms with E-state index in [2.05, 4.69) is 10.1 Å². The van der Waals surface area contributed by atoms with E-state index in [0.29, 0.717) is 21.2 Å². The van der Waals surface area contributed by atoms with Gasteiger partial charge in [-0.05, 0) is 35.9 Å². The van der Waals surface area contributed by atoms with Crippen LogP contribution in [0.3, 0.4) is 0 Å². The number of anilines is 1. The number of hydrogen-bond acceptors (Lipinski definition) is 5. The Balaban J connectivity index is 1.83. The molecule has 0 saturated heterocycles. The van der Waals surface area contributed by atoms with Gasteiger partial charge in [-0.2, -0.15) is 0 Å². The fourth-order valence-corrected chi connectivity index (χ4v) is 2.96. The standard InChI is InChI=1S/C18H13Cl2NO5/c1-25-17(23)12-5-4-11(20)8-14(12)21-16(22)15-6-9-2-3-10(19)7-13(9)18(24)26-15/h2-5,7-8,15H,6H2,1H3,(H,21,22)/t15-/m0/s1. The van der Waals surface area contributed by atoms with Crippen molar-refractivity contribution in [1.82, 2.24) is 0 Å². The molecule has 1 aliphatic heterocycles. The Hall–Kier alpha value is -2.57. The highest BCUT2D eigenvalue weighted by molar-refractivity contribution is 6.31. The van der Waals surface area contributed by atoms with E-state index >= 15 is 0 Å². The molecule has 0 unspecified atom stereocenters. The summed E-state index contributed by atoms with van der Waals surface area (Å²) in [6, 6.07) is 9.18. The average Bonchev–Trinajstić information content (AvgIpc) is 2.61. The molecular formula is C18H13Cl2NO5. The van der Waals surface area contributed by atoms with Crippen molar-refractivity contribution in [2.45, 2.75) is 12.5 Å². The van der Waals surface area contributed by atoms with E-state index in [0.717, 1.165) is 0 Å². The third-order valence-corrected chi connectivity index (χ3v) is 4.35. The number of fused-ring (bicyclic) bond motifs is 1. The van der Waals surface area contributed by atoms with Crippen molar-refractivity contribution in [1.29, 1.82) is 0 Å². The summed E-state index contributed by atoms with van der Waals surface area (Å²) in [5, 5.41) is 3.31. The fourth-order valence-electron chi connectivity index (χ4n) is 2.62. The lowest BCUT2D eigenvalue weighted by molar-refractivity contribution is -0.125. The van der Waals surface area contributed by atoms with Gasteiger partial charge in [0.15, 0.2) is 6.10 Å². The molecule has 0 radical (unpaired) electrons. The lowest BCUT2D eigenvalue weighted by Gasteiger charge is -2.24. The molecule has 134 valence electrons. The number of nitrogens with one attached hydrogen (secondary N) is 1. The summed E-state index contributed by atoms with van der Waals surface area (Å²) in [6.07, 6.45) is -0.848. The van der Waals surface area contributed by atoms with Gasteiger partial charge in [-0.3, -0.25) is 4.79 Å². The number of rotatable bonds is 3. The Morgan fingerprint density at radius 2 is 1.85 bits per heavy atom. The van der Waals surface area contributed by atoms with Crippen molar-refractivity contribution in [2.75, 3.05) is 12.4 Å². The van der Waals surface area contributed by atoms with Crippen LogP contribution in [0.25, 0.3) is 0 Å². The maximum absolute atomic E-state index is 12.6. The number of cyclic esters (lactones) is 1. The number of carbonyl (C=O) groups is 3. The molecule has 8 heteroatoms. The number of benzene rings is 2. The van der Waals surface area contributed by atoms with Gasteiger partial charge in [0.2, 0.25) is 0 Å². The molecule has 1 N–H and O–H groups in total. The maximum atomic E-state index is 12.6. The minimum absolute atomic E-state index is 0.138. The van der Waals surface area contributed by atoms with Gasteiger partial charge in [-0.1, -0.05) is 29.3 Å². The molecule has 1 aliphatic rings. The predicted molar refractivity (Wildman–Crippen MR) is 95.8 cm³/mol. The first-order valence-corrected chi connectivity index (χ1v) is 8.33. The Bertz CT molecular complexity index is 912. The van der Waals surface area contributed by atoms with Crippen molar-refractivity contribution in [3.63, 3.8) is 0 Å². The Kier molecular flexibility index (Phi) is 5.15. The zero-order valence-corrected chi connectivity index (χ0v) is 15.1. The summed E-state index contributed by atoms with van der Waals surface area (Å²) in [5.41, 5.74) is 1.30. The minimum atomic E-state index is -1.04. The summed E-state index contributed by atoms with van der Waals surface area (Å²) in [4.78, 5) is 36.5. The molecule has 1 atom stereocenters. The van der Waals surface area contributed by atoms with Gasteiger partial charge in [0.05, 0.1) is 23.9 Å². The van der Waals surface area contributed by atoms with E-state index < -0.39 is 23.9 Å². The lowest BCUT2D eigenvalue weighted by Crippen LogP contribution is -2.38. The molecular weight excluding hydrogens is 381 g/mol. The molecule has 0 saturated carbocycles. The van der Waals surface area contributed by atoms with Crippen molar-refractivity contribution in [2.24, 2.45) is 0 Å². The number of amides is 1. The van der Waals surface area contributed by atoms with Crippen LogP contribution in [0.15, 0.2) is 36.4 Å². The molecule has 2 aromatic carbocycles. The van der Waals surface area contributed by atoms with Crippen LogP contribution in [0.2, 0.25) is 10.0 Å². The highest BCUT2D eigenvalue weighted by Crippen LogP contribution is 2.26. The summed E-state index contributed by atoms with van der Waals surface area (Å²) < 4.78 is 9.89. The summed E-state index contributed by atoms with van der Waals surface area (Å²) >= 11 is 11.8. The first-order valence-electron chi connectivity index (χ1n) is 7.57. The van der Waals surface area contributed by atoms with Crippen LogP contribution in [-0.2, 0) is 20.7 Å². The topological polar surface area (TPSA) is 81.7 Å². The summed E-state index contributed by atoms with van der Waals surface area (Å²) in [5.74, 6) is -1.84. The third-order valence-electron chi connectivity index (χ3n) is 3.88. The minimum Gasteiger partial charge on any atom is -0.465 e. The fraction of sp³-hybridized carbons (Fsp3) is 0.167. The van der Waals surface area contributed by atoms with Crippen LogP contribution < -0.4 is 5.32 Å². The molecule has 0 fully saturated rings. The molecule has 1 heterocycles. The Morgan fingerprint density at radius 1 is 1.15 bits per heavy atom. The molecule has 0 aliphatic carbocycles. The number of hydrogen-bond donors (Lipinski definition) is 1.